The van der Waals surface area contributed by atoms with Crippen LogP contribution in [0.1, 0.15) is 44.0 Å². The summed E-state index contributed by atoms with van der Waals surface area (Å²) in [5, 5.41) is 9.57. The lowest BCUT2D eigenvalue weighted by atomic mass is 9.88. The molecular formula is C19H17ClN2O4. The Morgan fingerprint density at radius 2 is 1.69 bits per heavy atom. The zero-order valence-corrected chi connectivity index (χ0v) is 14.6. The van der Waals surface area contributed by atoms with Gasteiger partial charge in [-0.25, -0.2) is 9.78 Å². The van der Waals surface area contributed by atoms with Crippen LogP contribution in [-0.4, -0.2) is 45.7 Å². The van der Waals surface area contributed by atoms with E-state index in [1.54, 1.807) is 29.2 Å². The van der Waals surface area contributed by atoms with Crippen molar-refractivity contribution < 1.29 is 19.5 Å². The van der Waals surface area contributed by atoms with Gasteiger partial charge in [0, 0.05) is 41.4 Å². The van der Waals surface area contributed by atoms with E-state index in [-0.39, 0.29) is 23.3 Å². The van der Waals surface area contributed by atoms with Gasteiger partial charge < -0.3 is 10.0 Å². The van der Waals surface area contributed by atoms with Gasteiger partial charge in [-0.3, -0.25) is 9.59 Å². The van der Waals surface area contributed by atoms with E-state index in [0.29, 0.717) is 42.1 Å². The minimum atomic E-state index is -1.17. The average molecular weight is 373 g/mol. The number of Topliss-reactive ketones (excluding diaryl/α,β-unsaturated/α-hetero) is 1. The van der Waals surface area contributed by atoms with Crippen molar-refractivity contribution in [3.63, 3.8) is 0 Å². The molecule has 26 heavy (non-hydrogen) atoms. The highest BCUT2D eigenvalue weighted by Crippen LogP contribution is 2.24. The minimum Gasteiger partial charge on any atom is -0.477 e. The molecule has 134 valence electrons. The van der Waals surface area contributed by atoms with Crippen molar-refractivity contribution >= 4 is 29.3 Å². The van der Waals surface area contributed by atoms with E-state index < -0.39 is 5.97 Å². The first-order chi connectivity index (χ1) is 12.5. The van der Waals surface area contributed by atoms with Crippen LogP contribution >= 0.6 is 11.6 Å². The van der Waals surface area contributed by atoms with Gasteiger partial charge in [0.25, 0.3) is 5.91 Å². The van der Waals surface area contributed by atoms with Crippen LogP contribution < -0.4 is 0 Å². The maximum absolute atomic E-state index is 12.6. The van der Waals surface area contributed by atoms with Gasteiger partial charge in [0.15, 0.2) is 5.78 Å². The monoisotopic (exact) mass is 372 g/mol. The van der Waals surface area contributed by atoms with E-state index >= 15 is 0 Å². The van der Waals surface area contributed by atoms with Crippen molar-refractivity contribution in [1.82, 2.24) is 9.88 Å². The van der Waals surface area contributed by atoms with Crippen LogP contribution in [0.2, 0.25) is 5.02 Å². The molecule has 1 aromatic heterocycles. The summed E-state index contributed by atoms with van der Waals surface area (Å²) in [5.41, 5.74) is 0.753. The number of aromatic nitrogens is 1. The molecule has 0 unspecified atom stereocenters. The SMILES string of the molecule is O=C(O)c1cc(C(=O)N2CCC(C(=O)c3ccc(Cl)cc3)CC2)ccn1. The number of benzene rings is 1. The predicted molar refractivity (Wildman–Crippen MR) is 95.6 cm³/mol. The average Bonchev–Trinajstić information content (AvgIpc) is 2.67. The number of halogens is 1. The molecule has 3 rings (SSSR count). The summed E-state index contributed by atoms with van der Waals surface area (Å²) in [5.74, 6) is -1.49. The summed E-state index contributed by atoms with van der Waals surface area (Å²) in [6, 6.07) is 9.59. The quantitative estimate of drug-likeness (QED) is 0.833. The predicted octanol–water partition coefficient (Wildman–Crippen LogP) is 3.17. The number of piperidine rings is 1. The maximum atomic E-state index is 12.6. The van der Waals surface area contributed by atoms with Crippen molar-refractivity contribution in [3.05, 3.63) is 64.4 Å². The van der Waals surface area contributed by atoms with Crippen molar-refractivity contribution in [3.8, 4) is 0 Å². The number of hydrogen-bond donors (Lipinski definition) is 1. The number of carboxylic acids is 1. The summed E-state index contributed by atoms with van der Waals surface area (Å²) in [6.07, 6.45) is 2.46. The molecule has 2 heterocycles. The van der Waals surface area contributed by atoms with Gasteiger partial charge in [-0.05, 0) is 49.2 Å². The summed E-state index contributed by atoms with van der Waals surface area (Å²) in [6.45, 7) is 0.904. The number of rotatable bonds is 4. The highest BCUT2D eigenvalue weighted by molar-refractivity contribution is 6.30. The molecule has 7 heteroatoms. The second-order valence-electron chi connectivity index (χ2n) is 6.17. The van der Waals surface area contributed by atoms with Gasteiger partial charge in [-0.2, -0.15) is 0 Å². The number of carbonyl (C=O) groups is 3. The lowest BCUT2D eigenvalue weighted by Gasteiger charge is -2.31. The lowest BCUT2D eigenvalue weighted by Crippen LogP contribution is -2.40. The Bertz CT molecular complexity index is 843. The fourth-order valence-corrected chi connectivity index (χ4v) is 3.18. The molecule has 1 aliphatic rings. The number of likely N-dealkylation sites (tertiary alicyclic amines) is 1. The van der Waals surface area contributed by atoms with E-state index in [1.807, 2.05) is 0 Å². The molecule has 1 saturated heterocycles. The molecular weight excluding hydrogens is 356 g/mol. The first-order valence-corrected chi connectivity index (χ1v) is 8.62. The number of amides is 1. The highest BCUT2D eigenvalue weighted by atomic mass is 35.5. The van der Waals surface area contributed by atoms with Gasteiger partial charge >= 0.3 is 5.97 Å². The number of carboxylic acid groups (broad SMARTS) is 1. The van der Waals surface area contributed by atoms with Crippen LogP contribution in [0.3, 0.4) is 0 Å². The Morgan fingerprint density at radius 1 is 1.04 bits per heavy atom. The van der Waals surface area contributed by atoms with E-state index in [1.165, 1.54) is 18.3 Å². The summed E-state index contributed by atoms with van der Waals surface area (Å²) in [4.78, 5) is 41.5. The molecule has 1 amide bonds. The summed E-state index contributed by atoms with van der Waals surface area (Å²) in [7, 11) is 0. The molecule has 1 N–H and O–H groups in total. The molecule has 1 aromatic carbocycles. The third kappa shape index (κ3) is 3.91. The Hall–Kier alpha value is -2.73. The zero-order valence-electron chi connectivity index (χ0n) is 13.9. The second-order valence-corrected chi connectivity index (χ2v) is 6.61. The number of aromatic carboxylic acids is 1. The van der Waals surface area contributed by atoms with Crippen molar-refractivity contribution in [2.24, 2.45) is 5.92 Å². The zero-order chi connectivity index (χ0) is 18.7. The van der Waals surface area contributed by atoms with Gasteiger partial charge in [-0.1, -0.05) is 11.6 Å². The fraction of sp³-hybridized carbons (Fsp3) is 0.263. The number of pyridine rings is 1. The topological polar surface area (TPSA) is 87.6 Å². The minimum absolute atomic E-state index is 0.0610. The first-order valence-electron chi connectivity index (χ1n) is 8.24. The third-order valence-electron chi connectivity index (χ3n) is 4.51. The van der Waals surface area contributed by atoms with Crippen LogP contribution in [0.25, 0.3) is 0 Å². The standard InChI is InChI=1S/C19H17ClN2O4/c20-15-3-1-12(2-4-15)17(23)13-6-9-22(10-7-13)18(24)14-5-8-21-16(11-14)19(25)26/h1-5,8,11,13H,6-7,9-10H2,(H,25,26). The van der Waals surface area contributed by atoms with Crippen molar-refractivity contribution in [1.29, 1.82) is 0 Å². The molecule has 1 fully saturated rings. The van der Waals surface area contributed by atoms with Crippen molar-refractivity contribution in [2.45, 2.75) is 12.8 Å². The number of carbonyl (C=O) groups excluding carboxylic acids is 2. The molecule has 0 atom stereocenters. The highest BCUT2D eigenvalue weighted by Gasteiger charge is 2.28. The molecule has 0 saturated carbocycles. The third-order valence-corrected chi connectivity index (χ3v) is 4.76. The van der Waals surface area contributed by atoms with Gasteiger partial charge in [0.2, 0.25) is 0 Å². The van der Waals surface area contributed by atoms with Gasteiger partial charge in [-0.15, -0.1) is 0 Å². The van der Waals surface area contributed by atoms with Crippen LogP contribution in [0.5, 0.6) is 0 Å². The van der Waals surface area contributed by atoms with Gasteiger partial charge in [0.1, 0.15) is 5.69 Å². The number of nitrogens with zero attached hydrogens (tertiary/aromatic N) is 2. The lowest BCUT2D eigenvalue weighted by molar-refractivity contribution is 0.0649. The smallest absolute Gasteiger partial charge is 0.354 e. The van der Waals surface area contributed by atoms with E-state index in [9.17, 15) is 14.4 Å². The normalized spacial score (nSPS) is 14.9. The maximum Gasteiger partial charge on any atom is 0.354 e. The Morgan fingerprint density at radius 3 is 2.31 bits per heavy atom. The molecule has 0 spiro atoms. The molecule has 0 aliphatic carbocycles. The summed E-state index contributed by atoms with van der Waals surface area (Å²) < 4.78 is 0. The molecule has 6 nitrogen and oxygen atoms in total. The van der Waals surface area contributed by atoms with Gasteiger partial charge in [0.05, 0.1) is 0 Å². The van der Waals surface area contributed by atoms with E-state index in [2.05, 4.69) is 4.98 Å². The van der Waals surface area contributed by atoms with Crippen LogP contribution in [0.15, 0.2) is 42.6 Å². The van der Waals surface area contributed by atoms with E-state index in [4.69, 9.17) is 16.7 Å². The number of hydrogen-bond acceptors (Lipinski definition) is 4. The molecule has 2 aromatic rings. The van der Waals surface area contributed by atoms with Crippen LogP contribution in [0, 0.1) is 5.92 Å². The molecule has 0 radical (unpaired) electrons. The van der Waals surface area contributed by atoms with Crippen molar-refractivity contribution in [2.75, 3.05) is 13.1 Å². The second kappa shape index (κ2) is 7.66. The Balaban J connectivity index is 1.63. The van der Waals surface area contributed by atoms with E-state index in [0.717, 1.165) is 0 Å². The Kier molecular flexibility index (Phi) is 5.32. The van der Waals surface area contributed by atoms with Crippen LogP contribution in [0.4, 0.5) is 0 Å². The first kappa shape index (κ1) is 18.1. The van der Waals surface area contributed by atoms with Crippen LogP contribution in [-0.2, 0) is 0 Å². The largest absolute Gasteiger partial charge is 0.477 e. The summed E-state index contributed by atoms with van der Waals surface area (Å²) >= 11 is 5.85. The molecule has 0 bridgehead atoms. The Labute approximate surface area is 155 Å². The fourth-order valence-electron chi connectivity index (χ4n) is 3.06. The number of ketones is 1. The molecule has 1 aliphatic heterocycles.